The summed E-state index contributed by atoms with van der Waals surface area (Å²) in [5, 5.41) is 1.09. The fourth-order valence-corrected chi connectivity index (χ4v) is 3.24. The zero-order valence-corrected chi connectivity index (χ0v) is 12.7. The third-order valence-electron chi connectivity index (χ3n) is 3.69. The van der Waals surface area contributed by atoms with E-state index in [1.165, 1.54) is 4.70 Å². The summed E-state index contributed by atoms with van der Waals surface area (Å²) in [4.78, 5) is 4.64. The number of fused-ring (bicyclic) bond motifs is 1. The monoisotopic (exact) mass is 278 g/mol. The van der Waals surface area contributed by atoms with E-state index in [0.29, 0.717) is 6.61 Å². The van der Waals surface area contributed by atoms with Crippen LogP contribution < -0.4 is 5.73 Å². The van der Waals surface area contributed by atoms with Crippen LogP contribution in [0.2, 0.25) is 0 Å². The van der Waals surface area contributed by atoms with Crippen LogP contribution in [0, 0.1) is 0 Å². The van der Waals surface area contributed by atoms with Gasteiger partial charge in [-0.1, -0.05) is 19.1 Å². The standard InChI is InChI=1S/C15H22N2OS/c1-4-15(3,18-5-2)13(16)10-14-17-11-8-6-7-9-12(11)19-14/h6-9,13H,4-5,10,16H2,1-3H3. The lowest BCUT2D eigenvalue weighted by molar-refractivity contribution is -0.0461. The van der Waals surface area contributed by atoms with Crippen molar-refractivity contribution in [1.82, 2.24) is 4.98 Å². The fourth-order valence-electron chi connectivity index (χ4n) is 2.21. The summed E-state index contributed by atoms with van der Waals surface area (Å²) in [5.74, 6) is 0. The molecule has 1 aromatic carbocycles. The van der Waals surface area contributed by atoms with Crippen molar-refractivity contribution in [3.8, 4) is 0 Å². The van der Waals surface area contributed by atoms with Crippen LogP contribution in [0.1, 0.15) is 32.2 Å². The minimum Gasteiger partial charge on any atom is -0.374 e. The Hall–Kier alpha value is -0.970. The summed E-state index contributed by atoms with van der Waals surface area (Å²) in [6.07, 6.45) is 1.68. The smallest absolute Gasteiger partial charge is 0.0955 e. The highest BCUT2D eigenvalue weighted by atomic mass is 32.1. The number of nitrogens with zero attached hydrogens (tertiary/aromatic N) is 1. The van der Waals surface area contributed by atoms with Crippen molar-refractivity contribution < 1.29 is 4.74 Å². The highest BCUT2D eigenvalue weighted by Crippen LogP contribution is 2.26. The lowest BCUT2D eigenvalue weighted by Gasteiger charge is -2.34. The van der Waals surface area contributed by atoms with Gasteiger partial charge in [0.25, 0.3) is 0 Å². The first-order chi connectivity index (χ1) is 9.09. The molecule has 0 saturated carbocycles. The predicted molar refractivity (Wildman–Crippen MR) is 81.6 cm³/mol. The van der Waals surface area contributed by atoms with Gasteiger partial charge in [-0.05, 0) is 32.4 Å². The summed E-state index contributed by atoms with van der Waals surface area (Å²) in [6.45, 7) is 6.92. The first-order valence-corrected chi connectivity index (χ1v) is 7.64. The average Bonchev–Trinajstić information content (AvgIpc) is 2.80. The molecule has 1 aromatic heterocycles. The molecule has 0 aliphatic rings. The van der Waals surface area contributed by atoms with Crippen LogP contribution in [-0.4, -0.2) is 23.2 Å². The van der Waals surface area contributed by atoms with E-state index < -0.39 is 0 Å². The predicted octanol–water partition coefficient (Wildman–Crippen LogP) is 3.37. The Morgan fingerprint density at radius 2 is 2.11 bits per heavy atom. The van der Waals surface area contributed by atoms with Gasteiger partial charge in [0.15, 0.2) is 0 Å². The van der Waals surface area contributed by atoms with E-state index in [1.54, 1.807) is 11.3 Å². The molecule has 0 bridgehead atoms. The van der Waals surface area contributed by atoms with Crippen LogP contribution in [0.4, 0.5) is 0 Å². The number of rotatable bonds is 6. The van der Waals surface area contributed by atoms with Gasteiger partial charge < -0.3 is 10.5 Å². The summed E-state index contributed by atoms with van der Waals surface area (Å²) in [5.41, 5.74) is 7.13. The SMILES string of the molecule is CCOC(C)(CC)C(N)Cc1nc2ccccc2s1. The van der Waals surface area contributed by atoms with E-state index in [2.05, 4.69) is 24.9 Å². The molecular formula is C15H22N2OS. The van der Waals surface area contributed by atoms with Gasteiger partial charge in [0.05, 0.1) is 20.8 Å². The molecule has 2 N–H and O–H groups in total. The van der Waals surface area contributed by atoms with Crippen molar-refractivity contribution in [2.24, 2.45) is 5.73 Å². The fraction of sp³-hybridized carbons (Fsp3) is 0.533. The van der Waals surface area contributed by atoms with Crippen molar-refractivity contribution in [1.29, 1.82) is 0 Å². The number of para-hydroxylation sites is 1. The summed E-state index contributed by atoms with van der Waals surface area (Å²) in [6, 6.07) is 8.17. The summed E-state index contributed by atoms with van der Waals surface area (Å²) >= 11 is 1.72. The molecule has 0 aliphatic carbocycles. The van der Waals surface area contributed by atoms with Crippen LogP contribution in [0.5, 0.6) is 0 Å². The van der Waals surface area contributed by atoms with Crippen LogP contribution >= 0.6 is 11.3 Å². The molecule has 2 rings (SSSR count). The van der Waals surface area contributed by atoms with Crippen molar-refractivity contribution in [3.05, 3.63) is 29.3 Å². The second-order valence-electron chi connectivity index (χ2n) is 4.99. The quantitative estimate of drug-likeness (QED) is 0.881. The second kappa shape index (κ2) is 5.99. The molecule has 0 saturated heterocycles. The van der Waals surface area contributed by atoms with Gasteiger partial charge in [-0.3, -0.25) is 0 Å². The lowest BCUT2D eigenvalue weighted by atomic mass is 9.91. The third kappa shape index (κ3) is 3.14. The molecule has 0 amide bonds. The molecule has 4 heteroatoms. The maximum atomic E-state index is 6.34. The number of hydrogen-bond acceptors (Lipinski definition) is 4. The molecule has 2 atom stereocenters. The van der Waals surface area contributed by atoms with E-state index in [-0.39, 0.29) is 11.6 Å². The topological polar surface area (TPSA) is 48.1 Å². The number of ether oxygens (including phenoxy) is 1. The zero-order chi connectivity index (χ0) is 13.9. The van der Waals surface area contributed by atoms with Gasteiger partial charge in [-0.25, -0.2) is 4.98 Å². The molecule has 104 valence electrons. The van der Waals surface area contributed by atoms with Crippen molar-refractivity contribution in [2.45, 2.75) is 45.3 Å². The molecule has 1 heterocycles. The van der Waals surface area contributed by atoms with Crippen LogP contribution in [-0.2, 0) is 11.2 Å². The Morgan fingerprint density at radius 1 is 1.37 bits per heavy atom. The Bertz CT molecular complexity index is 507. The number of aromatic nitrogens is 1. The van der Waals surface area contributed by atoms with E-state index in [0.717, 1.165) is 23.4 Å². The molecule has 0 spiro atoms. The van der Waals surface area contributed by atoms with Crippen LogP contribution in [0.15, 0.2) is 24.3 Å². The van der Waals surface area contributed by atoms with E-state index >= 15 is 0 Å². The van der Waals surface area contributed by atoms with Gasteiger partial charge in [0.2, 0.25) is 0 Å². The maximum absolute atomic E-state index is 6.34. The van der Waals surface area contributed by atoms with Gasteiger partial charge in [-0.15, -0.1) is 11.3 Å². The third-order valence-corrected chi connectivity index (χ3v) is 4.75. The van der Waals surface area contributed by atoms with E-state index in [1.807, 2.05) is 25.1 Å². The Balaban J connectivity index is 2.15. The summed E-state index contributed by atoms with van der Waals surface area (Å²) in [7, 11) is 0. The summed E-state index contributed by atoms with van der Waals surface area (Å²) < 4.78 is 7.06. The van der Waals surface area contributed by atoms with E-state index in [9.17, 15) is 0 Å². The Morgan fingerprint density at radius 3 is 2.74 bits per heavy atom. The zero-order valence-electron chi connectivity index (χ0n) is 11.8. The number of thiazole rings is 1. The highest BCUT2D eigenvalue weighted by Gasteiger charge is 2.31. The molecule has 0 radical (unpaired) electrons. The molecule has 3 nitrogen and oxygen atoms in total. The van der Waals surface area contributed by atoms with Crippen LogP contribution in [0.25, 0.3) is 10.2 Å². The van der Waals surface area contributed by atoms with Crippen molar-refractivity contribution >= 4 is 21.6 Å². The van der Waals surface area contributed by atoms with Gasteiger partial charge in [0.1, 0.15) is 0 Å². The second-order valence-corrected chi connectivity index (χ2v) is 6.10. The van der Waals surface area contributed by atoms with Crippen LogP contribution in [0.3, 0.4) is 0 Å². The number of nitrogens with two attached hydrogens (primary N) is 1. The number of hydrogen-bond donors (Lipinski definition) is 1. The van der Waals surface area contributed by atoms with E-state index in [4.69, 9.17) is 10.5 Å². The molecular weight excluding hydrogens is 256 g/mol. The molecule has 0 fully saturated rings. The minimum atomic E-state index is -0.271. The molecule has 0 aliphatic heterocycles. The first-order valence-electron chi connectivity index (χ1n) is 6.83. The van der Waals surface area contributed by atoms with Gasteiger partial charge in [0, 0.05) is 19.1 Å². The maximum Gasteiger partial charge on any atom is 0.0955 e. The molecule has 2 aromatic rings. The largest absolute Gasteiger partial charge is 0.374 e. The Kier molecular flexibility index (Phi) is 4.55. The number of benzene rings is 1. The molecule has 2 unspecified atom stereocenters. The van der Waals surface area contributed by atoms with Crippen molar-refractivity contribution in [3.63, 3.8) is 0 Å². The first kappa shape index (κ1) is 14.4. The normalized spacial score (nSPS) is 16.4. The highest BCUT2D eigenvalue weighted by molar-refractivity contribution is 7.18. The van der Waals surface area contributed by atoms with Crippen molar-refractivity contribution in [2.75, 3.05) is 6.61 Å². The Labute approximate surface area is 118 Å². The van der Waals surface area contributed by atoms with Gasteiger partial charge in [-0.2, -0.15) is 0 Å². The van der Waals surface area contributed by atoms with Gasteiger partial charge >= 0.3 is 0 Å². The lowest BCUT2D eigenvalue weighted by Crippen LogP contribution is -2.48. The molecule has 19 heavy (non-hydrogen) atoms. The average molecular weight is 278 g/mol. The minimum absolute atomic E-state index is 0.0296.